The van der Waals surface area contributed by atoms with Gasteiger partial charge in [0.25, 0.3) is 5.91 Å². The Labute approximate surface area is 276 Å². The fraction of sp³-hybridized carbons (Fsp3) is 0.605. The molecule has 4 atom stereocenters. The van der Waals surface area contributed by atoms with Crippen LogP contribution >= 0.6 is 0 Å². The Bertz CT molecular complexity index is 1470. The summed E-state index contributed by atoms with van der Waals surface area (Å²) in [6.07, 6.45) is 8.94. The number of unbranched alkanes of at least 4 members (excludes halogenated alkanes) is 5. The van der Waals surface area contributed by atoms with E-state index in [4.69, 9.17) is 9.73 Å². The number of esters is 1. The van der Waals surface area contributed by atoms with Crippen molar-refractivity contribution in [2.45, 2.75) is 123 Å². The first-order valence-corrected chi connectivity index (χ1v) is 18.8. The summed E-state index contributed by atoms with van der Waals surface area (Å²) in [7, 11) is -3.76. The van der Waals surface area contributed by atoms with Gasteiger partial charge in [-0.15, -0.1) is 0 Å². The van der Waals surface area contributed by atoms with Crippen LogP contribution in [-0.2, 0) is 24.3 Å². The van der Waals surface area contributed by atoms with Crippen molar-refractivity contribution in [2.24, 2.45) is 21.7 Å². The first kappa shape index (κ1) is 34.3. The van der Waals surface area contributed by atoms with Gasteiger partial charge >= 0.3 is 5.97 Å². The quantitative estimate of drug-likeness (QED) is 0.126. The second-order valence-electron chi connectivity index (χ2n) is 15.2. The molecule has 3 fully saturated rings. The van der Waals surface area contributed by atoms with Gasteiger partial charge in [-0.25, -0.2) is 12.7 Å². The number of carbonyl (C=O) groups is 2. The van der Waals surface area contributed by atoms with Crippen molar-refractivity contribution in [1.82, 2.24) is 4.31 Å². The fourth-order valence-electron chi connectivity index (χ4n) is 8.34. The van der Waals surface area contributed by atoms with Crippen molar-refractivity contribution in [1.29, 1.82) is 0 Å². The molecule has 1 heterocycles. The molecule has 2 aliphatic carbocycles. The third kappa shape index (κ3) is 7.12. The largest absolute Gasteiger partial charge is 0.460 e. The highest BCUT2D eigenvalue weighted by Gasteiger charge is 2.72. The monoisotopic (exact) mass is 648 g/mol. The topological polar surface area (TPSA) is 93.1 Å². The van der Waals surface area contributed by atoms with Gasteiger partial charge in [-0.3, -0.25) is 14.6 Å². The number of ether oxygens (including phenoxy) is 1. The summed E-state index contributed by atoms with van der Waals surface area (Å²) in [4.78, 5) is 31.7. The van der Waals surface area contributed by atoms with E-state index in [9.17, 15) is 18.0 Å². The van der Waals surface area contributed by atoms with Crippen LogP contribution in [0.2, 0.25) is 0 Å². The minimum Gasteiger partial charge on any atom is -0.460 e. The van der Waals surface area contributed by atoms with Gasteiger partial charge in [-0.05, 0) is 64.2 Å². The zero-order valence-electron chi connectivity index (χ0n) is 28.3. The maximum Gasteiger partial charge on any atom is 0.306 e. The summed E-state index contributed by atoms with van der Waals surface area (Å²) in [5.74, 6) is -0.0299. The van der Waals surface area contributed by atoms with E-state index in [0.717, 1.165) is 68.9 Å². The second-order valence-corrected chi connectivity index (χ2v) is 17.1. The van der Waals surface area contributed by atoms with E-state index < -0.39 is 21.7 Å². The molecule has 3 aliphatic rings. The van der Waals surface area contributed by atoms with Crippen molar-refractivity contribution in [3.8, 4) is 0 Å². The number of benzene rings is 2. The van der Waals surface area contributed by atoms with Gasteiger partial charge in [0.1, 0.15) is 11.6 Å². The van der Waals surface area contributed by atoms with Crippen LogP contribution in [-0.4, -0.2) is 53.7 Å². The first-order valence-electron chi connectivity index (χ1n) is 17.2. The predicted molar refractivity (Wildman–Crippen MR) is 183 cm³/mol. The Morgan fingerprint density at radius 3 is 2.04 bits per heavy atom. The maximum absolute atomic E-state index is 14.5. The minimum absolute atomic E-state index is 0.0594. The van der Waals surface area contributed by atoms with E-state index in [1.54, 1.807) is 0 Å². The van der Waals surface area contributed by atoms with E-state index in [2.05, 4.69) is 13.8 Å². The molecule has 5 rings (SSSR count). The van der Waals surface area contributed by atoms with Gasteiger partial charge in [-0.2, -0.15) is 0 Å². The van der Waals surface area contributed by atoms with E-state index in [1.807, 2.05) is 81.4 Å². The standard InChI is InChI=1S/C38H52N2O5S/c1-36(2,3)45-33(41)23-17-9-7-6-8-16-22-31(39-34(28-18-12-10-13-19-28)29-20-14-11-15-21-29)35(42)40-32-26-30-24-25-38(32,37(30,4)5)27-46(40,43)44/h10-15,18-21,30-32H,6-9,16-17,22-27H2,1-5H3/t30-,31+,32-,38-/m1/s1. The lowest BCUT2D eigenvalue weighted by atomic mass is 9.69. The third-order valence-electron chi connectivity index (χ3n) is 10.8. The van der Waals surface area contributed by atoms with E-state index in [-0.39, 0.29) is 34.5 Å². The summed E-state index contributed by atoms with van der Waals surface area (Å²) in [6, 6.07) is 18.6. The molecule has 0 unspecified atom stereocenters. The van der Waals surface area contributed by atoms with Crippen LogP contribution in [0.5, 0.6) is 0 Å². The van der Waals surface area contributed by atoms with Gasteiger partial charge < -0.3 is 4.74 Å². The molecule has 2 saturated carbocycles. The third-order valence-corrected chi connectivity index (χ3v) is 12.7. The number of aliphatic imine (C=N–C) groups is 1. The lowest BCUT2D eigenvalue weighted by Gasteiger charge is -2.37. The Morgan fingerprint density at radius 1 is 0.913 bits per heavy atom. The van der Waals surface area contributed by atoms with Crippen LogP contribution in [0.15, 0.2) is 65.7 Å². The molecule has 250 valence electrons. The van der Waals surface area contributed by atoms with Gasteiger partial charge in [0, 0.05) is 23.0 Å². The minimum atomic E-state index is -3.76. The second kappa shape index (κ2) is 13.6. The summed E-state index contributed by atoms with van der Waals surface area (Å²) < 4.78 is 34.4. The number of carbonyl (C=O) groups excluding carboxylic acids is 2. The number of amides is 1. The molecule has 1 spiro atoms. The number of fused-ring (bicyclic) bond motifs is 1. The Morgan fingerprint density at radius 2 is 1.48 bits per heavy atom. The maximum atomic E-state index is 14.5. The summed E-state index contributed by atoms with van der Waals surface area (Å²) >= 11 is 0. The highest BCUT2D eigenvalue weighted by molar-refractivity contribution is 7.90. The molecule has 1 aliphatic heterocycles. The molecule has 0 radical (unpaired) electrons. The predicted octanol–water partition coefficient (Wildman–Crippen LogP) is 7.72. The molecule has 1 amide bonds. The molecular weight excluding hydrogens is 596 g/mol. The summed E-state index contributed by atoms with van der Waals surface area (Å²) in [5.41, 5.74) is 1.57. The van der Waals surface area contributed by atoms with Crippen LogP contribution in [0.25, 0.3) is 0 Å². The van der Waals surface area contributed by atoms with Gasteiger partial charge in [0.2, 0.25) is 10.0 Å². The smallest absolute Gasteiger partial charge is 0.306 e. The van der Waals surface area contributed by atoms with E-state index in [1.165, 1.54) is 4.31 Å². The van der Waals surface area contributed by atoms with Crippen molar-refractivity contribution in [3.05, 3.63) is 71.8 Å². The Kier molecular flexibility index (Phi) is 10.2. The molecule has 8 heteroatoms. The molecule has 2 aromatic rings. The van der Waals surface area contributed by atoms with Crippen molar-refractivity contribution in [2.75, 3.05) is 5.75 Å². The average Bonchev–Trinajstić information content (AvgIpc) is 3.48. The molecule has 0 N–H and O–H groups in total. The first-order chi connectivity index (χ1) is 21.8. The molecule has 1 saturated heterocycles. The molecular formula is C38H52N2O5S. The zero-order chi connectivity index (χ0) is 33.2. The summed E-state index contributed by atoms with van der Waals surface area (Å²) in [5, 5.41) is 0. The highest BCUT2D eigenvalue weighted by atomic mass is 32.2. The normalized spacial score (nSPS) is 24.8. The van der Waals surface area contributed by atoms with Crippen molar-refractivity contribution in [3.63, 3.8) is 0 Å². The van der Waals surface area contributed by atoms with Crippen LogP contribution in [0, 0.1) is 16.7 Å². The van der Waals surface area contributed by atoms with Crippen LogP contribution in [0.4, 0.5) is 0 Å². The van der Waals surface area contributed by atoms with Crippen LogP contribution in [0.1, 0.15) is 116 Å². The van der Waals surface area contributed by atoms with E-state index in [0.29, 0.717) is 24.5 Å². The summed E-state index contributed by atoms with van der Waals surface area (Å²) in [6.45, 7) is 10.1. The van der Waals surface area contributed by atoms with Crippen molar-refractivity contribution < 1.29 is 22.7 Å². The van der Waals surface area contributed by atoms with Crippen molar-refractivity contribution >= 4 is 27.6 Å². The average molecular weight is 649 g/mol. The highest BCUT2D eigenvalue weighted by Crippen LogP contribution is 2.70. The van der Waals surface area contributed by atoms with Crippen LogP contribution in [0.3, 0.4) is 0 Å². The van der Waals surface area contributed by atoms with Gasteiger partial charge in [-0.1, -0.05) is 107 Å². The molecule has 2 bridgehead atoms. The Balaban J connectivity index is 1.33. The fourth-order valence-corrected chi connectivity index (χ4v) is 10.9. The van der Waals surface area contributed by atoms with Gasteiger partial charge in [0.05, 0.1) is 17.5 Å². The zero-order valence-corrected chi connectivity index (χ0v) is 29.2. The number of nitrogens with zero attached hydrogens (tertiary/aromatic N) is 2. The number of sulfonamides is 1. The number of rotatable bonds is 13. The van der Waals surface area contributed by atoms with E-state index >= 15 is 0 Å². The number of hydrogen-bond donors (Lipinski definition) is 0. The molecule has 7 nitrogen and oxygen atoms in total. The molecule has 0 aromatic heterocycles. The Hall–Kier alpha value is -3.00. The number of hydrogen-bond acceptors (Lipinski definition) is 6. The van der Waals surface area contributed by atoms with Gasteiger partial charge in [0.15, 0.2) is 0 Å². The SMILES string of the molecule is CC(C)(C)OC(=O)CCCCCCCC[C@H](N=C(c1ccccc1)c1ccccc1)C(=O)N1[C@@H]2C[C@H]3CC[C@]2(CS1(=O)=O)C3(C)C. The van der Waals surface area contributed by atoms with Crippen LogP contribution < -0.4 is 0 Å². The molecule has 46 heavy (non-hydrogen) atoms. The molecule has 2 aromatic carbocycles. The lowest BCUT2D eigenvalue weighted by Crippen LogP contribution is -2.47. The lowest BCUT2D eigenvalue weighted by molar-refractivity contribution is -0.154.